The summed E-state index contributed by atoms with van der Waals surface area (Å²) in [4.78, 5) is 8.35. The van der Waals surface area contributed by atoms with Crippen molar-refractivity contribution >= 4 is 8.69 Å². The van der Waals surface area contributed by atoms with Gasteiger partial charge in [-0.05, 0) is 6.42 Å². The van der Waals surface area contributed by atoms with Gasteiger partial charge in [0, 0.05) is 0 Å². The maximum Gasteiger partial charge on any atom is 0.243 e. The third kappa shape index (κ3) is 6.43. The van der Waals surface area contributed by atoms with Crippen molar-refractivity contribution in [3.05, 3.63) is 18.7 Å². The number of hydrogen-bond acceptors (Lipinski definition) is 2. The lowest BCUT2D eigenvalue weighted by Gasteiger charge is -1.90. The molecule has 0 saturated heterocycles. The Kier molecular flexibility index (Phi) is 7.45. The summed E-state index contributed by atoms with van der Waals surface area (Å²) in [7, 11) is 0.961. The van der Waals surface area contributed by atoms with E-state index in [-0.39, 0.29) is 0 Å². The van der Waals surface area contributed by atoms with Crippen LogP contribution in [0.15, 0.2) is 18.7 Å². The molecule has 0 aliphatic heterocycles. The van der Waals surface area contributed by atoms with Crippen molar-refractivity contribution in [1.29, 1.82) is 0 Å². The van der Waals surface area contributed by atoms with Gasteiger partial charge in [-0.1, -0.05) is 13.3 Å². The van der Waals surface area contributed by atoms with Gasteiger partial charge in [-0.15, -0.1) is 0 Å². The van der Waals surface area contributed by atoms with Gasteiger partial charge in [0.2, 0.25) is 6.33 Å². The van der Waals surface area contributed by atoms with Gasteiger partial charge in [0.05, 0.1) is 22.3 Å². The average Bonchev–Trinajstić information content (AvgIpc) is 2.49. The Morgan fingerprint density at radius 2 is 2.23 bits per heavy atom. The van der Waals surface area contributed by atoms with E-state index in [9.17, 15) is 0 Å². The van der Waals surface area contributed by atoms with Crippen LogP contribution in [-0.4, -0.2) is 4.57 Å². The Bertz CT molecular complexity index is 238. The summed E-state index contributed by atoms with van der Waals surface area (Å²) in [6, 6.07) is 0. The maximum atomic E-state index is 8.35. The zero-order valence-electron chi connectivity index (χ0n) is 8.01. The van der Waals surface area contributed by atoms with Crippen LogP contribution < -0.4 is 9.46 Å². The van der Waals surface area contributed by atoms with Gasteiger partial charge in [0.1, 0.15) is 12.4 Å². The molecule has 0 N–H and O–H groups in total. The minimum atomic E-state index is -1.08. The molecule has 0 atom stereocenters. The molecule has 0 saturated carbocycles. The second-order valence-electron chi connectivity index (χ2n) is 2.74. The van der Waals surface area contributed by atoms with Crippen LogP contribution >= 0.6 is 8.69 Å². The third-order valence-corrected chi connectivity index (χ3v) is 1.59. The highest BCUT2D eigenvalue weighted by molar-refractivity contribution is 7.14. The van der Waals surface area contributed by atoms with Crippen LogP contribution in [0.3, 0.4) is 0 Å². The Morgan fingerprint density at radius 1 is 1.62 bits per heavy atom. The second kappa shape index (κ2) is 7.90. The van der Waals surface area contributed by atoms with E-state index >= 15 is 0 Å². The molecule has 0 aliphatic carbocycles. The van der Waals surface area contributed by atoms with Crippen LogP contribution in [-0.2, 0) is 18.2 Å². The quantitative estimate of drug-likeness (QED) is 0.534. The molecule has 0 fully saturated rings. The van der Waals surface area contributed by atoms with Gasteiger partial charge in [0.25, 0.3) is 0 Å². The van der Waals surface area contributed by atoms with Crippen molar-refractivity contribution in [1.82, 2.24) is 4.57 Å². The van der Waals surface area contributed by atoms with Crippen LogP contribution in [0.5, 0.6) is 0 Å². The first-order chi connectivity index (χ1) is 6.24. The minimum absolute atomic E-state index is 1.08. The summed E-state index contributed by atoms with van der Waals surface area (Å²) in [5.41, 5.74) is 0. The summed E-state index contributed by atoms with van der Waals surface area (Å²) in [5, 5.41) is 0. The standard InChI is InChI=1S/C8H15N2.HO2P/c1-3-4-5-10-7-6-9(2)8-10;1-3-2/h6-8H,3-5H2,1-2H3;(H,1,2)/q+1;/p-1. The van der Waals surface area contributed by atoms with Crippen LogP contribution in [0.4, 0.5) is 0 Å². The van der Waals surface area contributed by atoms with E-state index in [1.807, 2.05) is 7.05 Å². The fourth-order valence-electron chi connectivity index (χ4n) is 0.975. The molecule has 1 aromatic heterocycles. The van der Waals surface area contributed by atoms with Crippen molar-refractivity contribution in [2.75, 3.05) is 0 Å². The predicted octanol–water partition coefficient (Wildman–Crippen LogP) is 0.666. The first kappa shape index (κ1) is 12.3. The maximum absolute atomic E-state index is 8.35. The number of aryl methyl sites for hydroxylation is 2. The molecule has 0 amide bonds. The molecule has 74 valence electrons. The number of imidazole rings is 1. The Labute approximate surface area is 80.1 Å². The van der Waals surface area contributed by atoms with E-state index in [2.05, 4.69) is 34.8 Å². The average molecular weight is 202 g/mol. The van der Waals surface area contributed by atoms with Crippen molar-refractivity contribution < 1.29 is 14.0 Å². The van der Waals surface area contributed by atoms with E-state index < -0.39 is 8.69 Å². The Morgan fingerprint density at radius 3 is 2.62 bits per heavy atom. The molecule has 1 rings (SSSR count). The normalized spacial score (nSPS) is 9.46. The van der Waals surface area contributed by atoms with Gasteiger partial charge in [0.15, 0.2) is 0 Å². The Hall–Kier alpha value is -0.730. The number of unbranched alkanes of at least 4 members (excludes halogenated alkanes) is 1. The summed E-state index contributed by atoms with van der Waals surface area (Å²) in [5.74, 6) is 0. The van der Waals surface area contributed by atoms with E-state index in [4.69, 9.17) is 9.46 Å². The topological polar surface area (TPSA) is 48.9 Å². The molecule has 0 aliphatic rings. The Balaban J connectivity index is 0.000000424. The smallest absolute Gasteiger partial charge is 0.243 e. The highest BCUT2D eigenvalue weighted by atomic mass is 31.1. The van der Waals surface area contributed by atoms with Crippen molar-refractivity contribution in [3.8, 4) is 0 Å². The van der Waals surface area contributed by atoms with Crippen molar-refractivity contribution in [2.45, 2.75) is 26.3 Å². The summed E-state index contributed by atoms with van der Waals surface area (Å²) < 4.78 is 12.6. The fourth-order valence-corrected chi connectivity index (χ4v) is 0.975. The van der Waals surface area contributed by atoms with Crippen LogP contribution in [0.25, 0.3) is 0 Å². The fraction of sp³-hybridized carbons (Fsp3) is 0.625. The second-order valence-corrected chi connectivity index (χ2v) is 2.89. The van der Waals surface area contributed by atoms with Gasteiger partial charge in [-0.3, -0.25) is 4.57 Å². The van der Waals surface area contributed by atoms with E-state index in [0.717, 1.165) is 6.54 Å². The molecule has 1 heterocycles. The molecular formula is C8H15N2O2P. The lowest BCUT2D eigenvalue weighted by Crippen LogP contribution is -2.23. The van der Waals surface area contributed by atoms with E-state index in [1.54, 1.807) is 0 Å². The van der Waals surface area contributed by atoms with Gasteiger partial charge in [-0.2, -0.15) is 0 Å². The highest BCUT2D eigenvalue weighted by Crippen LogP contribution is 1.91. The molecule has 5 heteroatoms. The van der Waals surface area contributed by atoms with E-state index in [1.165, 1.54) is 12.8 Å². The predicted molar refractivity (Wildman–Crippen MR) is 48.1 cm³/mol. The van der Waals surface area contributed by atoms with Crippen LogP contribution in [0.2, 0.25) is 0 Å². The molecule has 1 aromatic rings. The largest absolute Gasteiger partial charge is 0.772 e. The minimum Gasteiger partial charge on any atom is -0.772 e. The summed E-state index contributed by atoms with van der Waals surface area (Å²) in [6.45, 7) is 3.36. The molecule has 4 nitrogen and oxygen atoms in total. The molecule has 0 spiro atoms. The first-order valence-corrected chi connectivity index (χ1v) is 4.93. The number of hydrogen-bond donors (Lipinski definition) is 0. The lowest BCUT2D eigenvalue weighted by molar-refractivity contribution is -0.671. The summed E-state index contributed by atoms with van der Waals surface area (Å²) >= 11 is 0. The van der Waals surface area contributed by atoms with Crippen molar-refractivity contribution in [2.24, 2.45) is 7.05 Å². The monoisotopic (exact) mass is 202 g/mol. The van der Waals surface area contributed by atoms with Gasteiger partial charge in [-0.25, -0.2) is 9.13 Å². The van der Waals surface area contributed by atoms with E-state index in [0.29, 0.717) is 0 Å². The van der Waals surface area contributed by atoms with Gasteiger partial charge < -0.3 is 4.89 Å². The third-order valence-electron chi connectivity index (χ3n) is 1.59. The van der Waals surface area contributed by atoms with Crippen LogP contribution in [0.1, 0.15) is 19.8 Å². The summed E-state index contributed by atoms with van der Waals surface area (Å²) in [6.07, 6.45) is 8.82. The lowest BCUT2D eigenvalue weighted by atomic mass is 10.3. The molecular weight excluding hydrogens is 187 g/mol. The van der Waals surface area contributed by atoms with Crippen molar-refractivity contribution in [3.63, 3.8) is 0 Å². The number of nitrogens with zero attached hydrogens (tertiary/aromatic N) is 2. The van der Waals surface area contributed by atoms with Crippen LogP contribution in [0, 0.1) is 0 Å². The SMILES string of the molecule is CCCCn1cc[n+](C)c1.O=P[O-]. The zero-order chi connectivity index (χ0) is 10.1. The molecule has 13 heavy (non-hydrogen) atoms. The molecule has 0 bridgehead atoms. The highest BCUT2D eigenvalue weighted by Gasteiger charge is 1.96. The first-order valence-electron chi connectivity index (χ1n) is 4.20. The van der Waals surface area contributed by atoms with Gasteiger partial charge >= 0.3 is 0 Å². The molecule has 0 radical (unpaired) electrons. The number of rotatable bonds is 3. The molecule has 0 unspecified atom stereocenters. The number of aromatic nitrogens is 2. The molecule has 0 aromatic carbocycles. The zero-order valence-corrected chi connectivity index (χ0v) is 8.91.